The van der Waals surface area contributed by atoms with Crippen molar-refractivity contribution in [1.82, 2.24) is 0 Å². The summed E-state index contributed by atoms with van der Waals surface area (Å²) in [5.41, 5.74) is 1.40. The van der Waals surface area contributed by atoms with E-state index in [9.17, 15) is 0 Å². The molecule has 3 rings (SSSR count). The third-order valence-electron chi connectivity index (χ3n) is 2.77. The predicted molar refractivity (Wildman–Crippen MR) is 64.9 cm³/mol. The van der Waals surface area contributed by atoms with E-state index in [2.05, 4.69) is 24.3 Å². The lowest BCUT2D eigenvalue weighted by molar-refractivity contribution is 0.144. The van der Waals surface area contributed by atoms with Gasteiger partial charge in [-0.15, -0.1) is 22.9 Å². The van der Waals surface area contributed by atoms with Gasteiger partial charge in [0.05, 0.1) is 18.6 Å². The first-order valence-electron chi connectivity index (χ1n) is 5.08. The molecule has 1 nitrogen and oxygen atoms in total. The molecular formula is C12H11ClOS. The van der Waals surface area contributed by atoms with Gasteiger partial charge in [0.1, 0.15) is 0 Å². The fourth-order valence-electron chi connectivity index (χ4n) is 2.07. The van der Waals surface area contributed by atoms with Crippen LogP contribution in [0.5, 0.6) is 0 Å². The smallest absolute Gasteiger partial charge is 0.0914 e. The first-order chi connectivity index (χ1) is 7.36. The zero-order valence-electron chi connectivity index (χ0n) is 8.20. The average Bonchev–Trinajstić information content (AvgIpc) is 2.54. The fourth-order valence-corrected chi connectivity index (χ4v) is 3.64. The largest absolute Gasteiger partial charge is 0.379 e. The van der Waals surface area contributed by atoms with Crippen LogP contribution in [0.25, 0.3) is 10.1 Å². The second kappa shape index (κ2) is 3.78. The van der Waals surface area contributed by atoms with Crippen molar-refractivity contribution < 1.29 is 4.74 Å². The van der Waals surface area contributed by atoms with Crippen LogP contribution in [0.2, 0.25) is 0 Å². The van der Waals surface area contributed by atoms with Gasteiger partial charge < -0.3 is 4.74 Å². The van der Waals surface area contributed by atoms with Crippen molar-refractivity contribution in [1.29, 1.82) is 0 Å². The molecule has 1 atom stereocenters. The van der Waals surface area contributed by atoms with Crippen LogP contribution in [0, 0.1) is 0 Å². The Balaban J connectivity index is 2.26. The third kappa shape index (κ3) is 1.57. The Labute approximate surface area is 97.6 Å². The highest BCUT2D eigenvalue weighted by Crippen LogP contribution is 2.39. The molecule has 0 radical (unpaired) electrons. The summed E-state index contributed by atoms with van der Waals surface area (Å²) in [6, 6.07) is 8.51. The van der Waals surface area contributed by atoms with Crippen LogP contribution in [0.1, 0.15) is 15.8 Å². The lowest BCUT2D eigenvalue weighted by atomic mass is 10.1. The Morgan fingerprint density at radius 2 is 2.20 bits per heavy atom. The maximum atomic E-state index is 6.31. The molecule has 1 aromatic carbocycles. The molecule has 0 spiro atoms. The number of halogens is 1. The lowest BCUT2D eigenvalue weighted by Crippen LogP contribution is -1.97. The lowest BCUT2D eigenvalue weighted by Gasteiger charge is -2.03. The van der Waals surface area contributed by atoms with E-state index in [0.29, 0.717) is 6.61 Å². The van der Waals surface area contributed by atoms with Gasteiger partial charge in [-0.25, -0.2) is 0 Å². The highest BCUT2D eigenvalue weighted by Gasteiger charge is 2.21. The van der Waals surface area contributed by atoms with Crippen LogP contribution in [0.15, 0.2) is 24.3 Å². The van der Waals surface area contributed by atoms with Crippen LogP contribution < -0.4 is 0 Å². The molecule has 0 bridgehead atoms. The molecule has 15 heavy (non-hydrogen) atoms. The Morgan fingerprint density at radius 3 is 3.13 bits per heavy atom. The van der Waals surface area contributed by atoms with E-state index in [-0.39, 0.29) is 5.38 Å². The van der Waals surface area contributed by atoms with Gasteiger partial charge in [-0.05, 0) is 23.4 Å². The second-order valence-corrected chi connectivity index (χ2v) is 5.34. The molecule has 0 fully saturated rings. The monoisotopic (exact) mass is 238 g/mol. The van der Waals surface area contributed by atoms with Crippen LogP contribution in [0.4, 0.5) is 0 Å². The Morgan fingerprint density at radius 1 is 1.33 bits per heavy atom. The van der Waals surface area contributed by atoms with E-state index in [1.807, 2.05) is 11.3 Å². The van der Waals surface area contributed by atoms with E-state index in [4.69, 9.17) is 16.3 Å². The Hall–Kier alpha value is -0.570. The molecule has 1 aliphatic rings. The summed E-state index contributed by atoms with van der Waals surface area (Å²) in [6.07, 6.45) is 0.989. The summed E-state index contributed by atoms with van der Waals surface area (Å²) < 4.78 is 6.81. The molecule has 0 saturated carbocycles. The van der Waals surface area contributed by atoms with E-state index >= 15 is 0 Å². The highest BCUT2D eigenvalue weighted by molar-refractivity contribution is 7.19. The van der Waals surface area contributed by atoms with Gasteiger partial charge in [-0.1, -0.05) is 18.2 Å². The van der Waals surface area contributed by atoms with E-state index in [1.165, 1.54) is 20.5 Å². The Bertz CT molecular complexity index is 491. The van der Waals surface area contributed by atoms with Crippen molar-refractivity contribution in [3.05, 3.63) is 34.7 Å². The number of alkyl halides is 1. The molecule has 2 heterocycles. The van der Waals surface area contributed by atoms with E-state index < -0.39 is 0 Å². The minimum Gasteiger partial charge on any atom is -0.379 e. The molecule has 1 unspecified atom stereocenters. The first-order valence-corrected chi connectivity index (χ1v) is 6.33. The van der Waals surface area contributed by atoms with Crippen LogP contribution in [0.3, 0.4) is 0 Å². The highest BCUT2D eigenvalue weighted by atomic mass is 35.5. The van der Waals surface area contributed by atoms with Gasteiger partial charge in [0.15, 0.2) is 0 Å². The van der Waals surface area contributed by atoms with Gasteiger partial charge in [0.25, 0.3) is 0 Å². The molecule has 1 aliphatic heterocycles. The van der Waals surface area contributed by atoms with Crippen molar-refractivity contribution in [2.75, 3.05) is 13.2 Å². The number of hydrogen-bond acceptors (Lipinski definition) is 2. The van der Waals surface area contributed by atoms with E-state index in [1.54, 1.807) is 0 Å². The molecule has 78 valence electrons. The molecule has 0 N–H and O–H groups in total. The van der Waals surface area contributed by atoms with Gasteiger partial charge in [0, 0.05) is 9.58 Å². The van der Waals surface area contributed by atoms with Crippen molar-refractivity contribution in [2.45, 2.75) is 11.8 Å². The summed E-state index contributed by atoms with van der Waals surface area (Å²) in [4.78, 5) is 1.30. The second-order valence-electron chi connectivity index (χ2n) is 3.73. The van der Waals surface area contributed by atoms with Crippen molar-refractivity contribution in [2.24, 2.45) is 0 Å². The maximum Gasteiger partial charge on any atom is 0.0914 e. The number of rotatable bonds is 0. The number of hydrogen-bond donors (Lipinski definition) is 0. The standard InChI is InChI=1S/C12H11ClOS/c13-10-7-14-6-5-9-8-3-1-2-4-11(8)15-12(9)10/h1-4,10H,5-7H2. The molecule has 0 aliphatic carbocycles. The van der Waals surface area contributed by atoms with E-state index in [0.717, 1.165) is 13.0 Å². The molecule has 0 saturated heterocycles. The normalized spacial score (nSPS) is 21.3. The van der Waals surface area contributed by atoms with Crippen molar-refractivity contribution >= 4 is 33.0 Å². The number of ether oxygens (including phenoxy) is 1. The average molecular weight is 239 g/mol. The molecule has 2 aromatic rings. The number of thiophene rings is 1. The molecule has 3 heteroatoms. The van der Waals surface area contributed by atoms with Crippen LogP contribution in [-0.2, 0) is 11.2 Å². The predicted octanol–water partition coefficient (Wildman–Crippen LogP) is 3.75. The maximum absolute atomic E-state index is 6.31. The minimum atomic E-state index is 0.0277. The summed E-state index contributed by atoms with van der Waals surface area (Å²) in [6.45, 7) is 1.43. The van der Waals surface area contributed by atoms with Crippen LogP contribution in [-0.4, -0.2) is 13.2 Å². The molecule has 1 aromatic heterocycles. The molecular weight excluding hydrogens is 228 g/mol. The molecule has 0 amide bonds. The Kier molecular flexibility index (Phi) is 2.43. The first kappa shape index (κ1) is 9.64. The van der Waals surface area contributed by atoms with Gasteiger partial charge in [-0.3, -0.25) is 0 Å². The topological polar surface area (TPSA) is 9.23 Å². The number of benzene rings is 1. The van der Waals surface area contributed by atoms with Crippen molar-refractivity contribution in [3.8, 4) is 0 Å². The SMILES string of the molecule is ClC1COCCc2c1sc1ccccc21. The summed E-state index contributed by atoms with van der Waals surface area (Å²) in [5.74, 6) is 0. The van der Waals surface area contributed by atoms with Gasteiger partial charge in [0.2, 0.25) is 0 Å². The van der Waals surface area contributed by atoms with Crippen LogP contribution >= 0.6 is 22.9 Å². The zero-order valence-corrected chi connectivity index (χ0v) is 9.77. The quantitative estimate of drug-likeness (QED) is 0.635. The van der Waals surface area contributed by atoms with Gasteiger partial charge in [-0.2, -0.15) is 0 Å². The van der Waals surface area contributed by atoms with Crippen molar-refractivity contribution in [3.63, 3.8) is 0 Å². The minimum absolute atomic E-state index is 0.0277. The van der Waals surface area contributed by atoms with Gasteiger partial charge >= 0.3 is 0 Å². The zero-order chi connectivity index (χ0) is 10.3. The fraction of sp³-hybridized carbons (Fsp3) is 0.333. The summed E-state index contributed by atoms with van der Waals surface area (Å²) in [7, 11) is 0. The summed E-state index contributed by atoms with van der Waals surface area (Å²) >= 11 is 8.12. The number of fused-ring (bicyclic) bond motifs is 3. The summed E-state index contributed by atoms with van der Waals surface area (Å²) in [5, 5.41) is 1.38. The third-order valence-corrected chi connectivity index (χ3v) is 4.57.